The van der Waals surface area contributed by atoms with Crippen LogP contribution in [0.4, 0.5) is 0 Å². The van der Waals surface area contributed by atoms with Gasteiger partial charge in [-0.15, -0.1) is 0 Å². The van der Waals surface area contributed by atoms with Crippen LogP contribution in [0.25, 0.3) is 0 Å². The maximum atomic E-state index is 4.43. The number of nitrogens with one attached hydrogen (secondary N) is 1. The third-order valence-electron chi connectivity index (χ3n) is 5.74. The van der Waals surface area contributed by atoms with Crippen molar-refractivity contribution < 1.29 is 0 Å². The summed E-state index contributed by atoms with van der Waals surface area (Å²) in [5.41, 5.74) is 5.46. The van der Waals surface area contributed by atoms with Crippen LogP contribution in [0, 0.1) is 6.92 Å². The molecule has 1 aliphatic rings. The zero-order valence-corrected chi connectivity index (χ0v) is 19.3. The lowest BCUT2D eigenvalue weighted by Crippen LogP contribution is -2.36. The van der Waals surface area contributed by atoms with Gasteiger partial charge in [-0.25, -0.2) is 0 Å². The molecule has 0 aromatic heterocycles. The zero-order valence-electron chi connectivity index (χ0n) is 19.3. The van der Waals surface area contributed by atoms with Gasteiger partial charge >= 0.3 is 0 Å². The fourth-order valence-corrected chi connectivity index (χ4v) is 4.01. The minimum absolute atomic E-state index is 0.430. The van der Waals surface area contributed by atoms with Crippen LogP contribution < -0.4 is 5.32 Å². The molecule has 2 heteroatoms. The lowest BCUT2D eigenvalue weighted by Gasteiger charge is -2.30. The molecule has 0 saturated carbocycles. The van der Waals surface area contributed by atoms with E-state index < -0.39 is 0 Å². The Balaban J connectivity index is 0.00000155. The van der Waals surface area contributed by atoms with Gasteiger partial charge in [0.25, 0.3) is 0 Å². The molecule has 1 unspecified atom stereocenters. The highest BCUT2D eigenvalue weighted by Gasteiger charge is 2.27. The number of hydrogen-bond donors (Lipinski definition) is 1. The predicted octanol–water partition coefficient (Wildman–Crippen LogP) is 6.67. The Bertz CT molecular complexity index is 761. The molecule has 1 aliphatic heterocycles. The molecule has 0 bridgehead atoms. The Morgan fingerprint density at radius 3 is 2.33 bits per heavy atom. The van der Waals surface area contributed by atoms with E-state index in [-0.39, 0.29) is 0 Å². The van der Waals surface area contributed by atoms with Crippen LogP contribution in [0.5, 0.6) is 0 Å². The first-order valence-corrected chi connectivity index (χ1v) is 11.6. The van der Waals surface area contributed by atoms with Gasteiger partial charge in [-0.1, -0.05) is 92.7 Å². The summed E-state index contributed by atoms with van der Waals surface area (Å²) in [6, 6.07) is 20.0. The Morgan fingerprint density at radius 1 is 0.967 bits per heavy atom. The van der Waals surface area contributed by atoms with Crippen molar-refractivity contribution >= 4 is 0 Å². The fourth-order valence-electron chi connectivity index (χ4n) is 4.01. The monoisotopic (exact) mass is 404 g/mol. The number of nitrogens with zero attached hydrogens (tertiary/aromatic N) is 1. The van der Waals surface area contributed by atoms with Crippen molar-refractivity contribution in [3.05, 3.63) is 95.8 Å². The number of likely N-dealkylation sites (tertiary alicyclic amines) is 1. The second kappa shape index (κ2) is 13.0. The molecule has 2 aromatic rings. The van der Waals surface area contributed by atoms with Gasteiger partial charge in [0.05, 0.1) is 11.9 Å². The van der Waals surface area contributed by atoms with Crippen LogP contribution in [-0.2, 0) is 12.8 Å². The molecule has 30 heavy (non-hydrogen) atoms. The molecule has 0 radical (unpaired) electrons. The lowest BCUT2D eigenvalue weighted by molar-refractivity contribution is 0.324. The average molecular weight is 405 g/mol. The van der Waals surface area contributed by atoms with Crippen LogP contribution in [0.1, 0.15) is 56.2 Å². The van der Waals surface area contributed by atoms with Gasteiger partial charge in [-0.2, -0.15) is 0 Å². The minimum Gasteiger partial charge on any atom is -0.372 e. The molecule has 2 nitrogen and oxygen atoms in total. The summed E-state index contributed by atoms with van der Waals surface area (Å²) < 4.78 is 0. The lowest BCUT2D eigenvalue weighted by atomic mass is 9.98. The third-order valence-corrected chi connectivity index (χ3v) is 5.74. The standard InChI is InChI=1S/C26H34N2.C2H6/c1-21-13-16-25(17-14-21)18-15-22(2)26-12-8-20-28(26)23(3)27-19-7-11-24-9-5-4-6-10-24;1-2/h4-6,9-10,13-14,16-17,26-27H,2-3,7-8,11-12,15,18-20H2,1H3;1-2H3. The van der Waals surface area contributed by atoms with Gasteiger partial charge in [0, 0.05) is 13.1 Å². The molecule has 0 spiro atoms. The van der Waals surface area contributed by atoms with Crippen LogP contribution >= 0.6 is 0 Å². The molecule has 1 atom stereocenters. The van der Waals surface area contributed by atoms with Gasteiger partial charge in [0.2, 0.25) is 0 Å². The molecule has 0 aliphatic carbocycles. The van der Waals surface area contributed by atoms with Crippen molar-refractivity contribution in [3.63, 3.8) is 0 Å². The first-order valence-electron chi connectivity index (χ1n) is 11.6. The Labute approximate surface area is 184 Å². The summed E-state index contributed by atoms with van der Waals surface area (Å²) in [6.07, 6.45) is 6.76. The Hall–Kier alpha value is -2.48. The van der Waals surface area contributed by atoms with E-state index in [2.05, 4.69) is 84.9 Å². The summed E-state index contributed by atoms with van der Waals surface area (Å²) >= 11 is 0. The van der Waals surface area contributed by atoms with Gasteiger partial charge in [0.15, 0.2) is 0 Å². The predicted molar refractivity (Wildman–Crippen MR) is 132 cm³/mol. The van der Waals surface area contributed by atoms with Crippen molar-refractivity contribution in [2.75, 3.05) is 13.1 Å². The van der Waals surface area contributed by atoms with Crippen LogP contribution in [0.15, 0.2) is 79.1 Å². The van der Waals surface area contributed by atoms with Gasteiger partial charge in [0.1, 0.15) is 0 Å². The SMILES string of the molecule is C=C(CCc1ccc(C)cc1)C1CCCN1C(=C)NCCCc1ccccc1.CC. The maximum Gasteiger partial charge on any atom is 0.0943 e. The van der Waals surface area contributed by atoms with E-state index in [1.807, 2.05) is 13.8 Å². The third kappa shape index (κ3) is 7.40. The topological polar surface area (TPSA) is 15.3 Å². The summed E-state index contributed by atoms with van der Waals surface area (Å²) in [6.45, 7) is 16.9. The second-order valence-electron chi connectivity index (χ2n) is 7.96. The van der Waals surface area contributed by atoms with Crippen molar-refractivity contribution in [3.8, 4) is 0 Å². The summed E-state index contributed by atoms with van der Waals surface area (Å²) in [5.74, 6) is 1.06. The highest BCUT2D eigenvalue weighted by molar-refractivity contribution is 5.23. The molecule has 1 saturated heterocycles. The molecule has 162 valence electrons. The van der Waals surface area contributed by atoms with E-state index in [0.29, 0.717) is 6.04 Å². The quantitative estimate of drug-likeness (QED) is 0.351. The summed E-state index contributed by atoms with van der Waals surface area (Å²) in [4.78, 5) is 2.43. The Morgan fingerprint density at radius 2 is 1.63 bits per heavy atom. The largest absolute Gasteiger partial charge is 0.372 e. The highest BCUT2D eigenvalue weighted by Crippen LogP contribution is 2.27. The van der Waals surface area contributed by atoms with Crippen molar-refractivity contribution in [1.29, 1.82) is 0 Å². The van der Waals surface area contributed by atoms with Crippen LogP contribution in [0.3, 0.4) is 0 Å². The van der Waals surface area contributed by atoms with E-state index in [1.54, 1.807) is 0 Å². The molecule has 0 amide bonds. The molecule has 1 N–H and O–H groups in total. The minimum atomic E-state index is 0.430. The van der Waals surface area contributed by atoms with Crippen LogP contribution in [-0.4, -0.2) is 24.0 Å². The summed E-state index contributed by atoms with van der Waals surface area (Å²) in [5, 5.41) is 3.55. The number of aryl methyl sites for hydroxylation is 3. The number of rotatable bonds is 10. The Kier molecular flexibility index (Phi) is 10.3. The molecular weight excluding hydrogens is 364 g/mol. The molecule has 1 heterocycles. The maximum absolute atomic E-state index is 4.43. The smallest absolute Gasteiger partial charge is 0.0943 e. The average Bonchev–Trinajstić information content (AvgIpc) is 3.28. The summed E-state index contributed by atoms with van der Waals surface area (Å²) in [7, 11) is 0. The van der Waals surface area contributed by atoms with Crippen molar-refractivity contribution in [2.45, 2.75) is 65.3 Å². The van der Waals surface area contributed by atoms with E-state index in [9.17, 15) is 0 Å². The van der Waals surface area contributed by atoms with E-state index in [0.717, 1.165) is 44.6 Å². The second-order valence-corrected chi connectivity index (χ2v) is 7.96. The van der Waals surface area contributed by atoms with Gasteiger partial charge in [-0.05, 0) is 56.6 Å². The van der Waals surface area contributed by atoms with Gasteiger partial charge in [-0.3, -0.25) is 0 Å². The van der Waals surface area contributed by atoms with Gasteiger partial charge < -0.3 is 10.2 Å². The number of hydrogen-bond acceptors (Lipinski definition) is 2. The highest BCUT2D eigenvalue weighted by atomic mass is 15.3. The number of benzene rings is 2. The molecule has 2 aromatic carbocycles. The molecule has 1 fully saturated rings. The van der Waals surface area contributed by atoms with E-state index >= 15 is 0 Å². The first kappa shape index (κ1) is 23.8. The molecular formula is C28H40N2. The molecule has 3 rings (SSSR count). The fraction of sp³-hybridized carbons (Fsp3) is 0.429. The van der Waals surface area contributed by atoms with Crippen LogP contribution in [0.2, 0.25) is 0 Å². The van der Waals surface area contributed by atoms with Crippen molar-refractivity contribution in [1.82, 2.24) is 10.2 Å². The van der Waals surface area contributed by atoms with E-state index in [4.69, 9.17) is 0 Å². The zero-order chi connectivity index (χ0) is 21.8. The van der Waals surface area contributed by atoms with Crippen molar-refractivity contribution in [2.24, 2.45) is 0 Å². The van der Waals surface area contributed by atoms with E-state index in [1.165, 1.54) is 35.1 Å². The first-order chi connectivity index (χ1) is 14.6. The normalized spacial score (nSPS) is 15.3.